The molecular formula is C37H72O5Si2. The van der Waals surface area contributed by atoms with Gasteiger partial charge in [-0.25, -0.2) is 4.79 Å². The maximum absolute atomic E-state index is 11.9. The highest BCUT2D eigenvalue weighted by atomic mass is 28.4. The first-order valence-corrected chi connectivity index (χ1v) is 22.8. The monoisotopic (exact) mass is 652 g/mol. The van der Waals surface area contributed by atoms with Crippen LogP contribution in [0.2, 0.25) is 36.3 Å². The Hall–Kier alpha value is -0.996. The second kappa shape index (κ2) is 17.8. The zero-order valence-corrected chi connectivity index (χ0v) is 34.0. The highest BCUT2D eigenvalue weighted by molar-refractivity contribution is 6.74. The lowest BCUT2D eigenvalue weighted by atomic mass is 9.81. The Balaban J connectivity index is 6.39. The molecule has 0 bridgehead atoms. The zero-order valence-electron chi connectivity index (χ0n) is 32.0. The number of methoxy groups -OCH3 is 1. The minimum Gasteiger partial charge on any atom is -0.466 e. The highest BCUT2D eigenvalue weighted by Crippen LogP contribution is 2.42. The molecule has 0 amide bonds. The Morgan fingerprint density at radius 3 is 1.70 bits per heavy atom. The van der Waals surface area contributed by atoms with Crippen LogP contribution in [-0.4, -0.2) is 53.1 Å². The van der Waals surface area contributed by atoms with Crippen molar-refractivity contribution in [3.63, 3.8) is 0 Å². The van der Waals surface area contributed by atoms with Gasteiger partial charge in [-0.15, -0.1) is 0 Å². The van der Waals surface area contributed by atoms with E-state index in [1.807, 2.05) is 6.08 Å². The third kappa shape index (κ3) is 13.4. The molecule has 0 saturated heterocycles. The van der Waals surface area contributed by atoms with Crippen molar-refractivity contribution >= 4 is 22.6 Å². The molecule has 0 spiro atoms. The van der Waals surface area contributed by atoms with Crippen molar-refractivity contribution in [3.05, 3.63) is 36.0 Å². The molecule has 0 aliphatic carbocycles. The number of esters is 1. The van der Waals surface area contributed by atoms with E-state index >= 15 is 0 Å². The molecule has 2 unspecified atom stereocenters. The summed E-state index contributed by atoms with van der Waals surface area (Å²) in [5.41, 5.74) is 1.29. The third-order valence-corrected chi connectivity index (χ3v) is 19.2. The number of allylic oxidation sites excluding steroid dienone is 2. The van der Waals surface area contributed by atoms with Gasteiger partial charge in [0.1, 0.15) is 0 Å². The van der Waals surface area contributed by atoms with Crippen molar-refractivity contribution in [2.24, 2.45) is 29.6 Å². The molecule has 258 valence electrons. The molecule has 0 radical (unpaired) electrons. The molecular weight excluding hydrogens is 581 g/mol. The molecule has 0 aromatic heterocycles. The molecule has 0 aromatic carbocycles. The number of hydrogen-bond donors (Lipinski definition) is 1. The Morgan fingerprint density at radius 1 is 0.795 bits per heavy atom. The summed E-state index contributed by atoms with van der Waals surface area (Å²) in [6.07, 6.45) is 11.3. The fourth-order valence-electron chi connectivity index (χ4n) is 5.25. The predicted molar refractivity (Wildman–Crippen MR) is 195 cm³/mol. The Kier molecular flexibility index (Phi) is 17.4. The van der Waals surface area contributed by atoms with Crippen LogP contribution in [0, 0.1) is 29.6 Å². The van der Waals surface area contributed by atoms with E-state index in [0.29, 0.717) is 0 Å². The summed E-state index contributed by atoms with van der Waals surface area (Å²) in [6, 6.07) is 0. The SMILES string of the molecule is CC/C=C\C(C)[C@H](O)[C@@H](C)[C@H](O[Si](C)(C)C(C)(C)C)[C@@H](C)C/C(C)=C\[C@H](C)[C@@H](O[Si](C)(C)C(C)(C)C)C(C)/C=C\C(=O)OC. The van der Waals surface area contributed by atoms with Crippen LogP contribution in [0.25, 0.3) is 0 Å². The summed E-state index contributed by atoms with van der Waals surface area (Å²) < 4.78 is 19.0. The second-order valence-corrected chi connectivity index (χ2v) is 26.0. The maximum atomic E-state index is 11.9. The van der Waals surface area contributed by atoms with E-state index in [-0.39, 0.29) is 57.8 Å². The molecule has 8 atom stereocenters. The number of carbonyl (C=O) groups is 1. The van der Waals surface area contributed by atoms with Crippen LogP contribution in [0.5, 0.6) is 0 Å². The van der Waals surface area contributed by atoms with Gasteiger partial charge in [0.15, 0.2) is 16.6 Å². The molecule has 0 heterocycles. The smallest absolute Gasteiger partial charge is 0.330 e. The molecule has 0 aromatic rings. The van der Waals surface area contributed by atoms with E-state index in [0.717, 1.165) is 12.8 Å². The zero-order chi connectivity index (χ0) is 34.8. The van der Waals surface area contributed by atoms with E-state index in [4.69, 9.17) is 13.6 Å². The fraction of sp³-hybridized carbons (Fsp3) is 0.811. The van der Waals surface area contributed by atoms with E-state index in [1.54, 1.807) is 0 Å². The lowest BCUT2D eigenvalue weighted by Gasteiger charge is -2.44. The van der Waals surface area contributed by atoms with Crippen LogP contribution >= 0.6 is 0 Å². The maximum Gasteiger partial charge on any atom is 0.330 e. The number of aliphatic hydroxyl groups excluding tert-OH is 1. The van der Waals surface area contributed by atoms with Gasteiger partial charge in [-0.05, 0) is 67.9 Å². The number of hydrogen-bond acceptors (Lipinski definition) is 5. The van der Waals surface area contributed by atoms with E-state index < -0.39 is 22.7 Å². The molecule has 0 aliphatic rings. The summed E-state index contributed by atoms with van der Waals surface area (Å²) in [5.74, 6) is 0.0830. The summed E-state index contributed by atoms with van der Waals surface area (Å²) >= 11 is 0. The topological polar surface area (TPSA) is 65.0 Å². The first kappa shape index (κ1) is 43.0. The third-order valence-electron chi connectivity index (χ3n) is 10.3. The van der Waals surface area contributed by atoms with Gasteiger partial charge in [0, 0.05) is 23.8 Å². The summed E-state index contributed by atoms with van der Waals surface area (Å²) in [5, 5.41) is 11.6. The summed E-state index contributed by atoms with van der Waals surface area (Å²) in [4.78, 5) is 11.9. The van der Waals surface area contributed by atoms with Crippen molar-refractivity contribution in [1.29, 1.82) is 0 Å². The number of ether oxygens (including phenoxy) is 1. The van der Waals surface area contributed by atoms with Gasteiger partial charge >= 0.3 is 5.97 Å². The normalized spacial score (nSPS) is 19.8. The highest BCUT2D eigenvalue weighted by Gasteiger charge is 2.43. The van der Waals surface area contributed by atoms with Gasteiger partial charge < -0.3 is 18.7 Å². The van der Waals surface area contributed by atoms with Crippen molar-refractivity contribution < 1.29 is 23.5 Å². The van der Waals surface area contributed by atoms with Gasteiger partial charge in [0.25, 0.3) is 0 Å². The largest absolute Gasteiger partial charge is 0.466 e. The standard InChI is InChI=1S/C37H72O5Si2/c1-19-20-21-27(3)33(39)31(7)35(42-44(17,18)37(11,12)13)30(6)25-26(2)24-29(5)34(28(4)22-23-32(38)40-14)41-43(15,16)36(8,9)10/h20-24,27-31,33-35,39H,19,25H2,1-18H3/b21-20-,23-22-,26-24-/t27?,28?,29-,30-,31+,33-,34-,35+/m0/s1. The molecule has 1 N–H and O–H groups in total. The lowest BCUT2D eigenvalue weighted by molar-refractivity contribution is -0.134. The van der Waals surface area contributed by atoms with Gasteiger partial charge in [-0.2, -0.15) is 0 Å². The Bertz CT molecular complexity index is 954. The minimum atomic E-state index is -2.09. The minimum absolute atomic E-state index is 0.0148. The average Bonchev–Trinajstić information content (AvgIpc) is 2.89. The van der Waals surface area contributed by atoms with Crippen molar-refractivity contribution in [1.82, 2.24) is 0 Å². The first-order chi connectivity index (χ1) is 19.8. The molecule has 7 heteroatoms. The molecule has 0 fully saturated rings. The average molecular weight is 653 g/mol. The molecule has 0 saturated carbocycles. The van der Waals surface area contributed by atoms with Crippen molar-refractivity contribution in [2.75, 3.05) is 7.11 Å². The predicted octanol–water partition coefficient (Wildman–Crippen LogP) is 10.3. The summed E-state index contributed by atoms with van der Waals surface area (Å²) in [6.45, 7) is 38.0. The van der Waals surface area contributed by atoms with E-state index in [2.05, 4.69) is 134 Å². The van der Waals surface area contributed by atoms with Crippen LogP contribution in [0.1, 0.15) is 103 Å². The molecule has 0 rings (SSSR count). The van der Waals surface area contributed by atoms with E-state index in [1.165, 1.54) is 18.8 Å². The van der Waals surface area contributed by atoms with Gasteiger partial charge in [-0.1, -0.05) is 113 Å². The van der Waals surface area contributed by atoms with Gasteiger partial charge in [0.05, 0.1) is 25.4 Å². The summed E-state index contributed by atoms with van der Waals surface area (Å²) in [7, 11) is -2.77. The second-order valence-electron chi connectivity index (χ2n) is 16.5. The lowest BCUT2D eigenvalue weighted by Crippen LogP contribution is -2.49. The van der Waals surface area contributed by atoms with Crippen LogP contribution in [0.3, 0.4) is 0 Å². The molecule has 5 nitrogen and oxygen atoms in total. The molecule has 0 aliphatic heterocycles. The van der Waals surface area contributed by atoms with Crippen LogP contribution < -0.4 is 0 Å². The molecule has 44 heavy (non-hydrogen) atoms. The van der Waals surface area contributed by atoms with Crippen LogP contribution in [0.15, 0.2) is 36.0 Å². The number of rotatable bonds is 17. The quantitative estimate of drug-likeness (QED) is 0.0733. The van der Waals surface area contributed by atoms with Crippen LogP contribution in [-0.2, 0) is 18.4 Å². The number of carbonyl (C=O) groups excluding carboxylic acids is 1. The van der Waals surface area contributed by atoms with Crippen molar-refractivity contribution in [2.45, 2.75) is 157 Å². The van der Waals surface area contributed by atoms with E-state index in [9.17, 15) is 9.90 Å². The first-order valence-electron chi connectivity index (χ1n) is 17.0. The Morgan fingerprint density at radius 2 is 1.27 bits per heavy atom. The van der Waals surface area contributed by atoms with Crippen molar-refractivity contribution in [3.8, 4) is 0 Å². The van der Waals surface area contributed by atoms with Gasteiger partial charge in [-0.3, -0.25) is 0 Å². The number of aliphatic hydroxyl groups is 1. The fourth-order valence-corrected chi connectivity index (χ4v) is 8.19. The van der Waals surface area contributed by atoms with Gasteiger partial charge in [0.2, 0.25) is 0 Å². The van der Waals surface area contributed by atoms with Crippen LogP contribution in [0.4, 0.5) is 0 Å². The Labute approximate surface area is 275 Å².